The van der Waals surface area contributed by atoms with Crippen LogP contribution in [0.15, 0.2) is 12.3 Å². The largest absolute Gasteiger partial charge is 0.389 e. The first-order valence-electron chi connectivity index (χ1n) is 8.43. The molecular formula is C17H31N3O. The van der Waals surface area contributed by atoms with E-state index in [2.05, 4.69) is 41.2 Å². The van der Waals surface area contributed by atoms with E-state index in [4.69, 9.17) is 0 Å². The first-order chi connectivity index (χ1) is 9.96. The summed E-state index contributed by atoms with van der Waals surface area (Å²) in [5.41, 5.74) is 0.432. The van der Waals surface area contributed by atoms with Crippen molar-refractivity contribution in [3.05, 3.63) is 18.0 Å². The van der Waals surface area contributed by atoms with Crippen LogP contribution in [0.1, 0.15) is 71.0 Å². The van der Waals surface area contributed by atoms with Crippen LogP contribution in [0, 0.1) is 5.92 Å². The highest BCUT2D eigenvalue weighted by molar-refractivity contribution is 5.00. The maximum atomic E-state index is 10.3. The van der Waals surface area contributed by atoms with Gasteiger partial charge in [-0.25, -0.2) is 0 Å². The van der Waals surface area contributed by atoms with Gasteiger partial charge >= 0.3 is 0 Å². The highest BCUT2D eigenvalue weighted by atomic mass is 16.3. The molecule has 1 aromatic rings. The number of nitrogens with one attached hydrogen (secondary N) is 1. The van der Waals surface area contributed by atoms with E-state index in [0.29, 0.717) is 18.5 Å². The molecule has 1 heterocycles. The number of aromatic nitrogens is 2. The predicted octanol–water partition coefficient (Wildman–Crippen LogP) is 3.28. The molecule has 1 aliphatic rings. The normalized spacial score (nSPS) is 19.9. The van der Waals surface area contributed by atoms with Crippen molar-refractivity contribution in [2.24, 2.45) is 5.92 Å². The summed E-state index contributed by atoms with van der Waals surface area (Å²) in [7, 11) is 0. The molecular weight excluding hydrogens is 262 g/mol. The van der Waals surface area contributed by atoms with E-state index in [1.807, 2.05) is 6.92 Å². The molecule has 0 saturated heterocycles. The van der Waals surface area contributed by atoms with Crippen LogP contribution in [0.4, 0.5) is 0 Å². The molecule has 0 aliphatic heterocycles. The number of aliphatic hydroxyl groups is 1. The predicted molar refractivity (Wildman–Crippen MR) is 86.1 cm³/mol. The molecule has 0 bridgehead atoms. The Labute approximate surface area is 128 Å². The zero-order valence-electron chi connectivity index (χ0n) is 13.8. The third-order valence-electron chi connectivity index (χ3n) is 4.27. The molecule has 0 aromatic carbocycles. The SMILES string of the molecule is CC(C)CC(C)(O)CNCc1ccn(C2CCCCC2)n1. The lowest BCUT2D eigenvalue weighted by Gasteiger charge is -2.25. The van der Waals surface area contributed by atoms with Crippen molar-refractivity contribution >= 4 is 0 Å². The third-order valence-corrected chi connectivity index (χ3v) is 4.27. The molecule has 1 atom stereocenters. The first-order valence-corrected chi connectivity index (χ1v) is 8.43. The Morgan fingerprint density at radius 2 is 2.10 bits per heavy atom. The molecule has 0 spiro atoms. The zero-order chi connectivity index (χ0) is 15.3. The summed E-state index contributed by atoms with van der Waals surface area (Å²) in [6.45, 7) is 7.52. The minimum atomic E-state index is -0.639. The summed E-state index contributed by atoms with van der Waals surface area (Å²) >= 11 is 0. The van der Waals surface area contributed by atoms with E-state index in [-0.39, 0.29) is 0 Å². The number of hydrogen-bond donors (Lipinski definition) is 2. The lowest BCUT2D eigenvalue weighted by Crippen LogP contribution is -2.38. The highest BCUT2D eigenvalue weighted by Gasteiger charge is 2.21. The van der Waals surface area contributed by atoms with E-state index in [0.717, 1.165) is 18.7 Å². The summed E-state index contributed by atoms with van der Waals surface area (Å²) in [6, 6.07) is 2.69. The van der Waals surface area contributed by atoms with Gasteiger partial charge in [-0.2, -0.15) is 5.10 Å². The first kappa shape index (κ1) is 16.5. The van der Waals surface area contributed by atoms with Crippen molar-refractivity contribution in [2.45, 2.75) is 77.5 Å². The van der Waals surface area contributed by atoms with Gasteiger partial charge < -0.3 is 10.4 Å². The van der Waals surface area contributed by atoms with Gasteiger partial charge in [0, 0.05) is 19.3 Å². The fraction of sp³-hybridized carbons (Fsp3) is 0.824. The summed E-state index contributed by atoms with van der Waals surface area (Å²) in [5.74, 6) is 0.507. The standard InChI is InChI=1S/C17H31N3O/c1-14(2)11-17(3,21)13-18-12-15-9-10-20(19-15)16-7-5-4-6-8-16/h9-10,14,16,18,21H,4-8,11-13H2,1-3H3. The lowest BCUT2D eigenvalue weighted by atomic mass is 9.94. The molecule has 120 valence electrons. The van der Waals surface area contributed by atoms with Gasteiger partial charge in [0.2, 0.25) is 0 Å². The molecule has 2 rings (SSSR count). The van der Waals surface area contributed by atoms with Crippen LogP contribution in [0.5, 0.6) is 0 Å². The van der Waals surface area contributed by atoms with Crippen LogP contribution in [-0.4, -0.2) is 27.0 Å². The number of hydrogen-bond acceptors (Lipinski definition) is 3. The van der Waals surface area contributed by atoms with E-state index < -0.39 is 5.60 Å². The maximum Gasteiger partial charge on any atom is 0.0762 e. The molecule has 0 amide bonds. The van der Waals surface area contributed by atoms with Gasteiger partial charge in [-0.15, -0.1) is 0 Å². The molecule has 1 aromatic heterocycles. The van der Waals surface area contributed by atoms with Crippen LogP contribution in [0.25, 0.3) is 0 Å². The molecule has 4 heteroatoms. The summed E-state index contributed by atoms with van der Waals surface area (Å²) in [4.78, 5) is 0. The Hall–Kier alpha value is -0.870. The van der Waals surface area contributed by atoms with Crippen molar-refractivity contribution in [2.75, 3.05) is 6.54 Å². The minimum Gasteiger partial charge on any atom is -0.389 e. The summed E-state index contributed by atoms with van der Waals surface area (Å²) < 4.78 is 2.14. The highest BCUT2D eigenvalue weighted by Crippen LogP contribution is 2.27. The average Bonchev–Trinajstić information content (AvgIpc) is 2.87. The van der Waals surface area contributed by atoms with Crippen molar-refractivity contribution in [1.29, 1.82) is 0 Å². The fourth-order valence-electron chi connectivity index (χ4n) is 3.43. The third kappa shape index (κ3) is 5.44. The topological polar surface area (TPSA) is 50.1 Å². The van der Waals surface area contributed by atoms with Crippen LogP contribution in [-0.2, 0) is 6.54 Å². The van der Waals surface area contributed by atoms with Crippen molar-refractivity contribution in [1.82, 2.24) is 15.1 Å². The smallest absolute Gasteiger partial charge is 0.0762 e. The molecule has 1 fully saturated rings. The molecule has 1 unspecified atom stereocenters. The Morgan fingerprint density at radius 3 is 2.76 bits per heavy atom. The lowest BCUT2D eigenvalue weighted by molar-refractivity contribution is 0.0382. The van der Waals surface area contributed by atoms with E-state index in [1.165, 1.54) is 32.1 Å². The fourth-order valence-corrected chi connectivity index (χ4v) is 3.43. The van der Waals surface area contributed by atoms with Crippen molar-refractivity contribution in [3.8, 4) is 0 Å². The van der Waals surface area contributed by atoms with Gasteiger partial charge in [-0.1, -0.05) is 33.1 Å². The van der Waals surface area contributed by atoms with Crippen molar-refractivity contribution in [3.63, 3.8) is 0 Å². The van der Waals surface area contributed by atoms with Gasteiger partial charge in [0.25, 0.3) is 0 Å². The van der Waals surface area contributed by atoms with E-state index in [9.17, 15) is 5.11 Å². The van der Waals surface area contributed by atoms with Gasteiger partial charge in [-0.05, 0) is 38.2 Å². The zero-order valence-corrected chi connectivity index (χ0v) is 13.8. The van der Waals surface area contributed by atoms with Crippen LogP contribution in [0.3, 0.4) is 0 Å². The Kier molecular flexibility index (Phi) is 5.82. The number of nitrogens with zero attached hydrogens (tertiary/aromatic N) is 2. The molecule has 1 aliphatic carbocycles. The molecule has 4 nitrogen and oxygen atoms in total. The van der Waals surface area contributed by atoms with Crippen molar-refractivity contribution < 1.29 is 5.11 Å². The Balaban J connectivity index is 1.77. The average molecular weight is 293 g/mol. The van der Waals surface area contributed by atoms with Crippen LogP contribution in [0.2, 0.25) is 0 Å². The monoisotopic (exact) mass is 293 g/mol. The second kappa shape index (κ2) is 7.41. The van der Waals surface area contributed by atoms with E-state index in [1.54, 1.807) is 0 Å². The van der Waals surface area contributed by atoms with Gasteiger partial charge in [0.15, 0.2) is 0 Å². The second-order valence-corrected chi connectivity index (χ2v) is 7.28. The van der Waals surface area contributed by atoms with Gasteiger partial charge in [0.05, 0.1) is 17.3 Å². The Bertz CT molecular complexity index is 419. The summed E-state index contributed by atoms with van der Waals surface area (Å²) in [5, 5.41) is 18.3. The van der Waals surface area contributed by atoms with Gasteiger partial charge in [-0.3, -0.25) is 4.68 Å². The quantitative estimate of drug-likeness (QED) is 0.811. The summed E-state index contributed by atoms with van der Waals surface area (Å²) in [6.07, 6.45) is 9.48. The number of rotatable bonds is 7. The maximum absolute atomic E-state index is 10.3. The molecule has 2 N–H and O–H groups in total. The molecule has 21 heavy (non-hydrogen) atoms. The van der Waals surface area contributed by atoms with E-state index >= 15 is 0 Å². The second-order valence-electron chi connectivity index (χ2n) is 7.28. The minimum absolute atomic E-state index is 0.507. The van der Waals surface area contributed by atoms with Gasteiger partial charge in [0.1, 0.15) is 0 Å². The molecule has 1 saturated carbocycles. The molecule has 0 radical (unpaired) electrons. The Morgan fingerprint density at radius 1 is 1.38 bits per heavy atom. The van der Waals surface area contributed by atoms with Crippen LogP contribution >= 0.6 is 0 Å². The van der Waals surface area contributed by atoms with Crippen LogP contribution < -0.4 is 5.32 Å².